The molecule has 15 heavy (non-hydrogen) atoms. The standard InChI is InChI=1S/C12H17NO2/c14-8-11-6-10(4-5-13-11)9-2-1-3-12(15)7-9/h1-3,7,10-11,13-15H,4-6,8H2. The minimum atomic E-state index is 0.190. The highest BCUT2D eigenvalue weighted by Crippen LogP contribution is 2.29. The molecule has 1 aromatic carbocycles. The summed E-state index contributed by atoms with van der Waals surface area (Å²) in [7, 11) is 0. The number of piperidine rings is 1. The molecule has 3 nitrogen and oxygen atoms in total. The Morgan fingerprint density at radius 3 is 3.00 bits per heavy atom. The van der Waals surface area contributed by atoms with Crippen molar-refractivity contribution in [3.63, 3.8) is 0 Å². The highest BCUT2D eigenvalue weighted by atomic mass is 16.3. The lowest BCUT2D eigenvalue weighted by molar-refractivity contribution is 0.210. The van der Waals surface area contributed by atoms with Gasteiger partial charge in [0.15, 0.2) is 0 Å². The van der Waals surface area contributed by atoms with E-state index < -0.39 is 0 Å². The number of aliphatic hydroxyl groups is 1. The molecular formula is C12H17NO2. The highest BCUT2D eigenvalue weighted by molar-refractivity contribution is 5.30. The van der Waals surface area contributed by atoms with E-state index in [0.717, 1.165) is 19.4 Å². The summed E-state index contributed by atoms with van der Waals surface area (Å²) in [5.74, 6) is 0.780. The Hall–Kier alpha value is -1.06. The van der Waals surface area contributed by atoms with Crippen LogP contribution in [0.5, 0.6) is 5.75 Å². The maximum absolute atomic E-state index is 9.40. The van der Waals surface area contributed by atoms with Gasteiger partial charge in [-0.15, -0.1) is 0 Å². The predicted octanol–water partition coefficient (Wildman–Crippen LogP) is 1.22. The van der Waals surface area contributed by atoms with Crippen molar-refractivity contribution in [3.05, 3.63) is 29.8 Å². The predicted molar refractivity (Wildman–Crippen MR) is 59.0 cm³/mol. The van der Waals surface area contributed by atoms with E-state index in [2.05, 4.69) is 5.32 Å². The van der Waals surface area contributed by atoms with Crippen molar-refractivity contribution in [2.75, 3.05) is 13.2 Å². The van der Waals surface area contributed by atoms with E-state index in [4.69, 9.17) is 5.11 Å². The lowest BCUT2D eigenvalue weighted by atomic mass is 9.86. The Morgan fingerprint density at radius 2 is 2.27 bits per heavy atom. The number of hydrogen-bond donors (Lipinski definition) is 3. The second-order valence-electron chi connectivity index (χ2n) is 4.15. The van der Waals surface area contributed by atoms with Crippen molar-refractivity contribution in [2.24, 2.45) is 0 Å². The van der Waals surface area contributed by atoms with Crippen molar-refractivity contribution in [3.8, 4) is 5.75 Å². The van der Waals surface area contributed by atoms with Gasteiger partial charge in [0.05, 0.1) is 6.61 Å². The van der Waals surface area contributed by atoms with Gasteiger partial charge in [-0.3, -0.25) is 0 Å². The van der Waals surface area contributed by atoms with E-state index in [1.165, 1.54) is 5.56 Å². The van der Waals surface area contributed by atoms with E-state index in [1.54, 1.807) is 6.07 Å². The zero-order chi connectivity index (χ0) is 10.7. The third-order valence-corrected chi connectivity index (χ3v) is 3.06. The quantitative estimate of drug-likeness (QED) is 0.683. The number of hydrogen-bond acceptors (Lipinski definition) is 3. The van der Waals surface area contributed by atoms with Gasteiger partial charge in [-0.25, -0.2) is 0 Å². The van der Waals surface area contributed by atoms with E-state index in [9.17, 15) is 5.11 Å². The molecule has 1 saturated heterocycles. The van der Waals surface area contributed by atoms with Crippen molar-refractivity contribution >= 4 is 0 Å². The van der Waals surface area contributed by atoms with Gasteiger partial charge in [-0.1, -0.05) is 12.1 Å². The molecule has 2 rings (SSSR count). The summed E-state index contributed by atoms with van der Waals surface area (Å²) in [5, 5.41) is 21.8. The first kappa shape index (κ1) is 10.5. The molecule has 1 aliphatic heterocycles. The van der Waals surface area contributed by atoms with Crippen LogP contribution >= 0.6 is 0 Å². The molecule has 82 valence electrons. The molecule has 0 aliphatic carbocycles. The molecule has 2 atom stereocenters. The highest BCUT2D eigenvalue weighted by Gasteiger charge is 2.22. The van der Waals surface area contributed by atoms with Gasteiger partial charge >= 0.3 is 0 Å². The summed E-state index contributed by atoms with van der Waals surface area (Å²) in [6.45, 7) is 1.13. The van der Waals surface area contributed by atoms with Crippen molar-refractivity contribution < 1.29 is 10.2 Å². The van der Waals surface area contributed by atoms with Gasteiger partial charge in [0, 0.05) is 6.04 Å². The fraction of sp³-hybridized carbons (Fsp3) is 0.500. The van der Waals surface area contributed by atoms with E-state index in [1.807, 2.05) is 18.2 Å². The number of benzene rings is 1. The third kappa shape index (κ3) is 2.49. The van der Waals surface area contributed by atoms with Crippen LogP contribution in [0.15, 0.2) is 24.3 Å². The maximum atomic E-state index is 9.40. The minimum Gasteiger partial charge on any atom is -0.508 e. The third-order valence-electron chi connectivity index (χ3n) is 3.06. The van der Waals surface area contributed by atoms with E-state index in [-0.39, 0.29) is 12.6 Å². The maximum Gasteiger partial charge on any atom is 0.115 e. The Kier molecular flexibility index (Phi) is 3.23. The Labute approximate surface area is 89.8 Å². The molecule has 0 amide bonds. The summed E-state index contributed by atoms with van der Waals surface area (Å²) in [5.41, 5.74) is 1.18. The summed E-state index contributed by atoms with van der Waals surface area (Å²) in [6.07, 6.45) is 2.01. The number of rotatable bonds is 2. The first-order valence-corrected chi connectivity index (χ1v) is 5.43. The Balaban J connectivity index is 2.09. The van der Waals surface area contributed by atoms with Crippen LogP contribution in [-0.2, 0) is 0 Å². The fourth-order valence-electron chi connectivity index (χ4n) is 2.23. The SMILES string of the molecule is OCC1CC(c2cccc(O)c2)CCN1. The van der Waals surface area contributed by atoms with Crippen LogP contribution in [0.1, 0.15) is 24.3 Å². The second kappa shape index (κ2) is 4.64. The molecule has 0 aromatic heterocycles. The molecule has 0 radical (unpaired) electrons. The van der Waals surface area contributed by atoms with E-state index in [0.29, 0.717) is 11.7 Å². The topological polar surface area (TPSA) is 52.5 Å². The average molecular weight is 207 g/mol. The smallest absolute Gasteiger partial charge is 0.115 e. The zero-order valence-corrected chi connectivity index (χ0v) is 8.69. The van der Waals surface area contributed by atoms with Crippen LogP contribution < -0.4 is 5.32 Å². The molecule has 1 aromatic rings. The molecule has 3 N–H and O–H groups in total. The van der Waals surface area contributed by atoms with Gasteiger partial charge < -0.3 is 15.5 Å². The second-order valence-corrected chi connectivity index (χ2v) is 4.15. The molecular weight excluding hydrogens is 190 g/mol. The van der Waals surface area contributed by atoms with Crippen molar-refractivity contribution in [2.45, 2.75) is 24.8 Å². The molecule has 0 saturated carbocycles. The summed E-state index contributed by atoms with van der Waals surface area (Å²) < 4.78 is 0. The lowest BCUT2D eigenvalue weighted by Crippen LogP contribution is -2.39. The Bertz CT molecular complexity index is 327. The molecule has 1 fully saturated rings. The van der Waals surface area contributed by atoms with Gasteiger partial charge in [0.1, 0.15) is 5.75 Å². The first-order valence-electron chi connectivity index (χ1n) is 5.43. The van der Waals surface area contributed by atoms with E-state index >= 15 is 0 Å². The normalized spacial score (nSPS) is 26.5. The van der Waals surface area contributed by atoms with Crippen molar-refractivity contribution in [1.82, 2.24) is 5.32 Å². The fourth-order valence-corrected chi connectivity index (χ4v) is 2.23. The lowest BCUT2D eigenvalue weighted by Gasteiger charge is -2.29. The molecule has 0 spiro atoms. The molecule has 2 unspecified atom stereocenters. The van der Waals surface area contributed by atoms with Crippen LogP contribution in [0, 0.1) is 0 Å². The number of aliphatic hydroxyl groups excluding tert-OH is 1. The van der Waals surface area contributed by atoms with Gasteiger partial charge in [0.25, 0.3) is 0 Å². The number of nitrogens with one attached hydrogen (secondary N) is 1. The largest absolute Gasteiger partial charge is 0.508 e. The van der Waals surface area contributed by atoms with Gasteiger partial charge in [-0.05, 0) is 43.0 Å². The summed E-state index contributed by atoms with van der Waals surface area (Å²) >= 11 is 0. The molecule has 1 aliphatic rings. The summed E-state index contributed by atoms with van der Waals surface area (Å²) in [6, 6.07) is 7.63. The van der Waals surface area contributed by atoms with Crippen molar-refractivity contribution in [1.29, 1.82) is 0 Å². The number of aromatic hydroxyl groups is 1. The minimum absolute atomic E-state index is 0.190. The monoisotopic (exact) mass is 207 g/mol. The molecule has 3 heteroatoms. The number of phenolic OH excluding ortho intramolecular Hbond substituents is 1. The molecule has 0 bridgehead atoms. The summed E-state index contributed by atoms with van der Waals surface area (Å²) in [4.78, 5) is 0. The van der Waals surface area contributed by atoms with Crippen LogP contribution in [0.4, 0.5) is 0 Å². The number of phenols is 1. The first-order chi connectivity index (χ1) is 7.29. The van der Waals surface area contributed by atoms with Crippen LogP contribution in [-0.4, -0.2) is 29.4 Å². The van der Waals surface area contributed by atoms with Crippen LogP contribution in [0.2, 0.25) is 0 Å². The Morgan fingerprint density at radius 1 is 1.40 bits per heavy atom. The van der Waals surface area contributed by atoms with Crippen LogP contribution in [0.25, 0.3) is 0 Å². The average Bonchev–Trinajstić information content (AvgIpc) is 2.29. The van der Waals surface area contributed by atoms with Gasteiger partial charge in [0.2, 0.25) is 0 Å². The van der Waals surface area contributed by atoms with Gasteiger partial charge in [-0.2, -0.15) is 0 Å². The van der Waals surface area contributed by atoms with Crippen LogP contribution in [0.3, 0.4) is 0 Å². The molecule has 1 heterocycles. The zero-order valence-electron chi connectivity index (χ0n) is 8.69.